The molecule has 0 saturated carbocycles. The van der Waals surface area contributed by atoms with E-state index in [4.69, 9.17) is 25.8 Å². The van der Waals surface area contributed by atoms with Crippen molar-refractivity contribution in [1.29, 1.82) is 0 Å². The molecule has 0 unspecified atom stereocenters. The van der Waals surface area contributed by atoms with Crippen LogP contribution in [0.5, 0.6) is 11.5 Å². The number of ether oxygens (including phenoxy) is 3. The highest BCUT2D eigenvalue weighted by Crippen LogP contribution is 2.38. The Balaban J connectivity index is 1.70. The zero-order valence-corrected chi connectivity index (χ0v) is 16.1. The molecule has 0 bridgehead atoms. The first-order valence-electron chi connectivity index (χ1n) is 9.16. The van der Waals surface area contributed by atoms with Gasteiger partial charge < -0.3 is 14.2 Å². The van der Waals surface area contributed by atoms with Gasteiger partial charge in [0.05, 0.1) is 32.5 Å². The van der Waals surface area contributed by atoms with Crippen LogP contribution in [0, 0.1) is 0 Å². The summed E-state index contributed by atoms with van der Waals surface area (Å²) in [6.07, 6.45) is 3.82. The molecule has 0 N–H and O–H groups in total. The number of likely N-dealkylation sites (tertiary alicyclic amines) is 1. The van der Waals surface area contributed by atoms with Crippen molar-refractivity contribution >= 4 is 11.6 Å². The summed E-state index contributed by atoms with van der Waals surface area (Å²) in [5, 5.41) is 0.664. The van der Waals surface area contributed by atoms with Crippen LogP contribution in [0.15, 0.2) is 12.1 Å². The Morgan fingerprint density at radius 3 is 2.64 bits per heavy atom. The molecule has 0 amide bonds. The lowest BCUT2D eigenvalue weighted by atomic mass is 10.00. The van der Waals surface area contributed by atoms with Crippen molar-refractivity contribution in [1.82, 2.24) is 9.80 Å². The van der Waals surface area contributed by atoms with Crippen molar-refractivity contribution < 1.29 is 14.2 Å². The average molecular weight is 369 g/mol. The first kappa shape index (κ1) is 18.8. The average Bonchev–Trinajstić information content (AvgIpc) is 2.65. The van der Waals surface area contributed by atoms with Gasteiger partial charge in [-0.3, -0.25) is 9.80 Å². The SMILES string of the molecule is COc1ccc(CN2CCCC[C@@H]2CN2CCOCC2)c(Cl)c1OC. The van der Waals surface area contributed by atoms with Crippen LogP contribution in [0.1, 0.15) is 24.8 Å². The molecule has 2 heterocycles. The van der Waals surface area contributed by atoms with Crippen LogP contribution in [0.2, 0.25) is 5.02 Å². The van der Waals surface area contributed by atoms with E-state index < -0.39 is 0 Å². The quantitative estimate of drug-likeness (QED) is 0.771. The smallest absolute Gasteiger partial charge is 0.179 e. The van der Waals surface area contributed by atoms with Crippen LogP contribution in [0.4, 0.5) is 0 Å². The molecule has 0 aromatic heterocycles. The number of benzene rings is 1. The summed E-state index contributed by atoms with van der Waals surface area (Å²) in [7, 11) is 3.27. The largest absolute Gasteiger partial charge is 0.493 e. The Morgan fingerprint density at radius 2 is 1.92 bits per heavy atom. The number of nitrogens with zero attached hydrogens (tertiary/aromatic N) is 2. The third-order valence-electron chi connectivity index (χ3n) is 5.26. The van der Waals surface area contributed by atoms with Crippen molar-refractivity contribution in [2.24, 2.45) is 0 Å². The molecule has 2 fully saturated rings. The topological polar surface area (TPSA) is 34.2 Å². The van der Waals surface area contributed by atoms with Crippen LogP contribution in [-0.2, 0) is 11.3 Å². The summed E-state index contributed by atoms with van der Waals surface area (Å²) in [5.74, 6) is 1.31. The zero-order chi connectivity index (χ0) is 17.6. The number of methoxy groups -OCH3 is 2. The van der Waals surface area contributed by atoms with Gasteiger partial charge >= 0.3 is 0 Å². The summed E-state index contributed by atoms with van der Waals surface area (Å²) in [5.41, 5.74) is 1.10. The molecule has 0 aliphatic carbocycles. The van der Waals surface area contributed by atoms with E-state index in [2.05, 4.69) is 15.9 Å². The standard InChI is InChI=1S/C19H29ClN2O3/c1-23-17-7-6-15(18(20)19(17)24-2)13-22-8-4-3-5-16(22)14-21-9-11-25-12-10-21/h6-7,16H,3-5,8-14H2,1-2H3/t16-/m1/s1. The monoisotopic (exact) mass is 368 g/mol. The van der Waals surface area contributed by atoms with Gasteiger partial charge in [0, 0.05) is 32.2 Å². The van der Waals surface area contributed by atoms with Crippen molar-refractivity contribution in [2.45, 2.75) is 31.8 Å². The van der Waals surface area contributed by atoms with Gasteiger partial charge in [-0.05, 0) is 31.0 Å². The first-order chi connectivity index (χ1) is 12.2. The minimum absolute atomic E-state index is 0.580. The molecule has 2 saturated heterocycles. The molecule has 140 valence electrons. The van der Waals surface area contributed by atoms with Crippen molar-refractivity contribution in [2.75, 3.05) is 53.6 Å². The van der Waals surface area contributed by atoms with Crippen LogP contribution >= 0.6 is 11.6 Å². The maximum absolute atomic E-state index is 6.59. The van der Waals surface area contributed by atoms with Gasteiger partial charge in [0.2, 0.25) is 0 Å². The lowest BCUT2D eigenvalue weighted by Gasteiger charge is -2.39. The third kappa shape index (κ3) is 4.59. The minimum Gasteiger partial charge on any atom is -0.493 e. The van der Waals surface area contributed by atoms with E-state index in [0.717, 1.165) is 51.5 Å². The van der Waals surface area contributed by atoms with E-state index in [1.807, 2.05) is 6.07 Å². The second-order valence-electron chi connectivity index (χ2n) is 6.81. The predicted molar refractivity (Wildman–Crippen MR) is 99.9 cm³/mol. The summed E-state index contributed by atoms with van der Waals surface area (Å²) in [4.78, 5) is 5.11. The van der Waals surface area contributed by atoms with Crippen LogP contribution in [-0.4, -0.2) is 69.5 Å². The normalized spacial score (nSPS) is 22.8. The predicted octanol–water partition coefficient (Wildman–Crippen LogP) is 3.04. The molecule has 1 atom stereocenters. The Bertz CT molecular complexity index is 564. The van der Waals surface area contributed by atoms with E-state index in [1.165, 1.54) is 19.3 Å². The number of morpholine rings is 1. The highest BCUT2D eigenvalue weighted by molar-refractivity contribution is 6.33. The lowest BCUT2D eigenvalue weighted by molar-refractivity contribution is 0.0153. The zero-order valence-electron chi connectivity index (χ0n) is 15.3. The maximum Gasteiger partial charge on any atom is 0.179 e. The van der Waals surface area contributed by atoms with Crippen molar-refractivity contribution in [3.8, 4) is 11.5 Å². The minimum atomic E-state index is 0.580. The molecule has 0 radical (unpaired) electrons. The summed E-state index contributed by atoms with van der Waals surface area (Å²) in [6, 6.07) is 4.58. The number of hydrogen-bond donors (Lipinski definition) is 0. The van der Waals surface area contributed by atoms with E-state index in [-0.39, 0.29) is 0 Å². The van der Waals surface area contributed by atoms with Gasteiger partial charge in [0.25, 0.3) is 0 Å². The highest BCUT2D eigenvalue weighted by Gasteiger charge is 2.26. The molecule has 2 aliphatic heterocycles. The molecule has 6 heteroatoms. The van der Waals surface area contributed by atoms with E-state index in [1.54, 1.807) is 14.2 Å². The van der Waals surface area contributed by atoms with Crippen LogP contribution in [0.25, 0.3) is 0 Å². The Labute approximate surface area is 155 Å². The number of piperidine rings is 1. The highest BCUT2D eigenvalue weighted by atomic mass is 35.5. The molecule has 2 aliphatic rings. The second kappa shape index (κ2) is 9.08. The first-order valence-corrected chi connectivity index (χ1v) is 9.54. The Hall–Kier alpha value is -1.01. The van der Waals surface area contributed by atoms with Crippen molar-refractivity contribution in [3.63, 3.8) is 0 Å². The molecule has 3 rings (SSSR count). The number of rotatable bonds is 6. The molecule has 1 aromatic carbocycles. The van der Waals surface area contributed by atoms with E-state index >= 15 is 0 Å². The Morgan fingerprint density at radius 1 is 1.12 bits per heavy atom. The molecule has 5 nitrogen and oxygen atoms in total. The van der Waals surface area contributed by atoms with Gasteiger partial charge in [0.1, 0.15) is 0 Å². The summed E-state index contributed by atoms with van der Waals surface area (Å²) in [6.45, 7) is 6.90. The lowest BCUT2D eigenvalue weighted by Crippen LogP contribution is -2.49. The van der Waals surface area contributed by atoms with Crippen LogP contribution in [0.3, 0.4) is 0 Å². The molecule has 25 heavy (non-hydrogen) atoms. The van der Waals surface area contributed by atoms with Crippen molar-refractivity contribution in [3.05, 3.63) is 22.7 Å². The maximum atomic E-state index is 6.59. The van der Waals surface area contributed by atoms with E-state index in [0.29, 0.717) is 22.6 Å². The second-order valence-corrected chi connectivity index (χ2v) is 7.19. The summed E-state index contributed by atoms with van der Waals surface area (Å²) < 4.78 is 16.3. The number of halogens is 1. The fraction of sp³-hybridized carbons (Fsp3) is 0.684. The Kier molecular flexibility index (Phi) is 6.82. The molecule has 0 spiro atoms. The molecular formula is C19H29ClN2O3. The van der Waals surface area contributed by atoms with Gasteiger partial charge in [-0.2, -0.15) is 0 Å². The molecule has 1 aromatic rings. The van der Waals surface area contributed by atoms with Gasteiger partial charge in [-0.15, -0.1) is 0 Å². The van der Waals surface area contributed by atoms with Crippen LogP contribution < -0.4 is 9.47 Å². The summed E-state index contributed by atoms with van der Waals surface area (Å²) >= 11 is 6.59. The third-order valence-corrected chi connectivity index (χ3v) is 5.67. The van der Waals surface area contributed by atoms with E-state index in [9.17, 15) is 0 Å². The number of hydrogen-bond acceptors (Lipinski definition) is 5. The van der Waals surface area contributed by atoms with Gasteiger partial charge in [-0.1, -0.05) is 24.1 Å². The molecular weight excluding hydrogens is 340 g/mol. The van der Waals surface area contributed by atoms with Gasteiger partial charge in [0.15, 0.2) is 11.5 Å². The van der Waals surface area contributed by atoms with Gasteiger partial charge in [-0.25, -0.2) is 0 Å². The fourth-order valence-electron chi connectivity index (χ4n) is 3.83. The fourth-order valence-corrected chi connectivity index (χ4v) is 4.12.